The van der Waals surface area contributed by atoms with Crippen LogP contribution in [0.4, 0.5) is 0 Å². The molecule has 0 aliphatic rings. The fourth-order valence-electron chi connectivity index (χ4n) is 2.07. The summed E-state index contributed by atoms with van der Waals surface area (Å²) in [6.07, 6.45) is 6.68. The van der Waals surface area contributed by atoms with E-state index in [9.17, 15) is 0 Å². The Hall–Kier alpha value is -0.280. The third-order valence-corrected chi connectivity index (χ3v) is 3.78. The minimum Gasteiger partial charge on any atom is -0.466 e. The van der Waals surface area contributed by atoms with E-state index in [0.717, 1.165) is 23.2 Å². The van der Waals surface area contributed by atoms with Crippen LogP contribution in [-0.4, -0.2) is 6.54 Å². The van der Waals surface area contributed by atoms with E-state index < -0.39 is 0 Å². The van der Waals surface area contributed by atoms with Gasteiger partial charge in [-0.15, -0.1) is 0 Å². The summed E-state index contributed by atoms with van der Waals surface area (Å²) in [7, 11) is 0. The number of nitrogens with one attached hydrogen (secondary N) is 1. The number of rotatable bonds is 8. The average Bonchev–Trinajstić information content (AvgIpc) is 2.73. The predicted octanol–water partition coefficient (Wildman–Crippen LogP) is 4.91. The van der Waals surface area contributed by atoms with Crippen LogP contribution in [0.25, 0.3) is 0 Å². The Labute approximate surface area is 113 Å². The predicted molar refractivity (Wildman–Crippen MR) is 76.1 cm³/mol. The molecule has 0 aromatic carbocycles. The SMILES string of the molecule is CCCCC(C)C(NCCC)c1occc1Br. The lowest BCUT2D eigenvalue weighted by Crippen LogP contribution is -2.27. The van der Waals surface area contributed by atoms with E-state index in [1.54, 1.807) is 6.26 Å². The molecule has 0 saturated carbocycles. The van der Waals surface area contributed by atoms with Crippen LogP contribution in [0.1, 0.15) is 58.3 Å². The summed E-state index contributed by atoms with van der Waals surface area (Å²) in [5.74, 6) is 1.64. The normalized spacial score (nSPS) is 14.8. The van der Waals surface area contributed by atoms with Gasteiger partial charge in [-0.3, -0.25) is 0 Å². The molecule has 2 nitrogen and oxygen atoms in total. The molecule has 2 unspecified atom stereocenters. The summed E-state index contributed by atoms with van der Waals surface area (Å²) in [5, 5.41) is 3.60. The molecule has 1 aromatic rings. The molecule has 0 saturated heterocycles. The maximum atomic E-state index is 5.62. The lowest BCUT2D eigenvalue weighted by Gasteiger charge is -2.23. The van der Waals surface area contributed by atoms with E-state index in [0.29, 0.717) is 12.0 Å². The van der Waals surface area contributed by atoms with Crippen molar-refractivity contribution in [1.29, 1.82) is 0 Å². The summed E-state index contributed by atoms with van der Waals surface area (Å²) in [6.45, 7) is 7.77. The molecule has 2 atom stereocenters. The largest absolute Gasteiger partial charge is 0.466 e. The van der Waals surface area contributed by atoms with E-state index in [-0.39, 0.29) is 0 Å². The van der Waals surface area contributed by atoms with Crippen molar-refractivity contribution in [2.45, 2.75) is 52.5 Å². The molecular formula is C14H24BrNO. The Morgan fingerprint density at radius 2 is 2.12 bits per heavy atom. The van der Waals surface area contributed by atoms with E-state index in [1.807, 2.05) is 6.07 Å². The van der Waals surface area contributed by atoms with Gasteiger partial charge >= 0.3 is 0 Å². The first-order valence-corrected chi connectivity index (χ1v) is 7.46. The van der Waals surface area contributed by atoms with E-state index in [1.165, 1.54) is 19.3 Å². The minimum atomic E-state index is 0.325. The highest BCUT2D eigenvalue weighted by atomic mass is 79.9. The summed E-state index contributed by atoms with van der Waals surface area (Å²) in [6, 6.07) is 2.30. The molecular weight excluding hydrogens is 278 g/mol. The van der Waals surface area contributed by atoms with Gasteiger partial charge in [-0.2, -0.15) is 0 Å². The topological polar surface area (TPSA) is 25.2 Å². The minimum absolute atomic E-state index is 0.325. The van der Waals surface area contributed by atoms with E-state index in [4.69, 9.17) is 4.42 Å². The van der Waals surface area contributed by atoms with Gasteiger partial charge in [0.25, 0.3) is 0 Å². The Balaban J connectivity index is 2.69. The van der Waals surface area contributed by atoms with Crippen LogP contribution in [0.3, 0.4) is 0 Å². The number of furan rings is 1. The van der Waals surface area contributed by atoms with Gasteiger partial charge in [-0.05, 0) is 47.3 Å². The lowest BCUT2D eigenvalue weighted by molar-refractivity contribution is 0.306. The van der Waals surface area contributed by atoms with Crippen LogP contribution in [0.2, 0.25) is 0 Å². The first-order valence-electron chi connectivity index (χ1n) is 6.66. The number of hydrogen-bond acceptors (Lipinski definition) is 2. The zero-order chi connectivity index (χ0) is 12.7. The van der Waals surface area contributed by atoms with Gasteiger partial charge in [-0.25, -0.2) is 0 Å². The van der Waals surface area contributed by atoms with Crippen LogP contribution in [0, 0.1) is 5.92 Å². The summed E-state index contributed by atoms with van der Waals surface area (Å²) < 4.78 is 6.69. The van der Waals surface area contributed by atoms with Gasteiger partial charge in [0.2, 0.25) is 0 Å². The van der Waals surface area contributed by atoms with Gasteiger partial charge in [0, 0.05) is 0 Å². The van der Waals surface area contributed by atoms with Crippen LogP contribution in [0.5, 0.6) is 0 Å². The molecule has 3 heteroatoms. The molecule has 98 valence electrons. The molecule has 1 rings (SSSR count). The van der Waals surface area contributed by atoms with Crippen molar-refractivity contribution in [3.05, 3.63) is 22.6 Å². The molecule has 0 bridgehead atoms. The first kappa shape index (κ1) is 14.8. The van der Waals surface area contributed by atoms with Crippen LogP contribution in [0.15, 0.2) is 21.2 Å². The summed E-state index contributed by atoms with van der Waals surface area (Å²) in [5.41, 5.74) is 0. The van der Waals surface area contributed by atoms with Gasteiger partial charge in [0.1, 0.15) is 5.76 Å². The third kappa shape index (κ3) is 4.47. The quantitative estimate of drug-likeness (QED) is 0.738. The van der Waals surface area contributed by atoms with E-state index >= 15 is 0 Å². The smallest absolute Gasteiger partial charge is 0.135 e. The van der Waals surface area contributed by atoms with Crippen LogP contribution in [-0.2, 0) is 0 Å². The maximum absolute atomic E-state index is 5.62. The highest BCUT2D eigenvalue weighted by Gasteiger charge is 2.23. The van der Waals surface area contributed by atoms with Gasteiger partial charge in [-0.1, -0.05) is 33.6 Å². The summed E-state index contributed by atoms with van der Waals surface area (Å²) >= 11 is 3.56. The molecule has 0 radical (unpaired) electrons. The standard InChI is InChI=1S/C14H24BrNO/c1-4-6-7-11(3)13(16-9-5-2)14-12(15)8-10-17-14/h8,10-11,13,16H,4-7,9H2,1-3H3. The highest BCUT2D eigenvalue weighted by molar-refractivity contribution is 9.10. The first-order chi connectivity index (χ1) is 8.20. The highest BCUT2D eigenvalue weighted by Crippen LogP contribution is 2.31. The van der Waals surface area contributed by atoms with Gasteiger partial charge in [0.15, 0.2) is 0 Å². The molecule has 0 aliphatic heterocycles. The van der Waals surface area contributed by atoms with Crippen molar-refractivity contribution < 1.29 is 4.42 Å². The maximum Gasteiger partial charge on any atom is 0.135 e. The van der Waals surface area contributed by atoms with Crippen molar-refractivity contribution in [3.63, 3.8) is 0 Å². The average molecular weight is 302 g/mol. The Morgan fingerprint density at radius 1 is 1.35 bits per heavy atom. The molecule has 0 spiro atoms. The van der Waals surface area contributed by atoms with Crippen molar-refractivity contribution in [3.8, 4) is 0 Å². The third-order valence-electron chi connectivity index (χ3n) is 3.12. The summed E-state index contributed by atoms with van der Waals surface area (Å²) in [4.78, 5) is 0. The molecule has 1 N–H and O–H groups in total. The number of unbranched alkanes of at least 4 members (excludes halogenated alkanes) is 1. The zero-order valence-electron chi connectivity index (χ0n) is 11.1. The van der Waals surface area contributed by atoms with Gasteiger partial charge < -0.3 is 9.73 Å². The second-order valence-corrected chi connectivity index (χ2v) is 5.54. The van der Waals surface area contributed by atoms with Crippen molar-refractivity contribution in [2.75, 3.05) is 6.54 Å². The Morgan fingerprint density at radius 3 is 2.65 bits per heavy atom. The van der Waals surface area contributed by atoms with Crippen LogP contribution >= 0.6 is 15.9 Å². The number of halogens is 1. The van der Waals surface area contributed by atoms with Crippen molar-refractivity contribution in [1.82, 2.24) is 5.32 Å². The second kappa shape index (κ2) is 7.93. The van der Waals surface area contributed by atoms with E-state index in [2.05, 4.69) is 42.0 Å². The Kier molecular flexibility index (Phi) is 6.90. The molecule has 0 aliphatic carbocycles. The van der Waals surface area contributed by atoms with Crippen LogP contribution < -0.4 is 5.32 Å². The monoisotopic (exact) mass is 301 g/mol. The lowest BCUT2D eigenvalue weighted by atomic mass is 9.94. The number of hydrogen-bond donors (Lipinski definition) is 1. The van der Waals surface area contributed by atoms with Gasteiger partial charge in [0.05, 0.1) is 16.8 Å². The molecule has 1 heterocycles. The molecule has 1 aromatic heterocycles. The van der Waals surface area contributed by atoms with Crippen molar-refractivity contribution >= 4 is 15.9 Å². The molecule has 17 heavy (non-hydrogen) atoms. The van der Waals surface area contributed by atoms with Crippen molar-refractivity contribution in [2.24, 2.45) is 5.92 Å². The zero-order valence-corrected chi connectivity index (χ0v) is 12.7. The fourth-order valence-corrected chi connectivity index (χ4v) is 2.52. The molecule has 0 amide bonds. The molecule has 0 fully saturated rings. The Bertz CT molecular complexity index is 311. The fraction of sp³-hybridized carbons (Fsp3) is 0.714. The second-order valence-electron chi connectivity index (χ2n) is 4.68.